The lowest BCUT2D eigenvalue weighted by Crippen LogP contribution is -2.14. The fourth-order valence-corrected chi connectivity index (χ4v) is 3.72. The van der Waals surface area contributed by atoms with Gasteiger partial charge in [0, 0.05) is 0 Å². The summed E-state index contributed by atoms with van der Waals surface area (Å²) in [6, 6.07) is 4.67. The van der Waals surface area contributed by atoms with E-state index in [1.807, 2.05) is 0 Å². The van der Waals surface area contributed by atoms with Crippen LogP contribution in [0.3, 0.4) is 0 Å². The van der Waals surface area contributed by atoms with Crippen LogP contribution in [0.5, 0.6) is 0 Å². The number of halogens is 2. The van der Waals surface area contributed by atoms with E-state index in [1.165, 1.54) is 6.07 Å². The second-order valence-electron chi connectivity index (χ2n) is 3.82. The minimum absolute atomic E-state index is 0.0143. The first kappa shape index (κ1) is 14.4. The zero-order valence-electron chi connectivity index (χ0n) is 9.99. The molecule has 0 bridgehead atoms. The molecule has 1 aromatic carbocycles. The van der Waals surface area contributed by atoms with Gasteiger partial charge in [0.1, 0.15) is 27.6 Å². The van der Waals surface area contributed by atoms with Gasteiger partial charge in [0.25, 0.3) is 10.0 Å². The smallest absolute Gasteiger partial charge is 0.262 e. The Labute approximate surface area is 133 Å². The first-order chi connectivity index (χ1) is 9.99. The van der Waals surface area contributed by atoms with Crippen molar-refractivity contribution in [3.05, 3.63) is 34.7 Å². The summed E-state index contributed by atoms with van der Waals surface area (Å²) in [6.07, 6.45) is 1.11. The summed E-state index contributed by atoms with van der Waals surface area (Å²) in [5.74, 6) is -0.100. The number of nitrogens with one attached hydrogen (secondary N) is 1. The molecule has 0 unspecified atom stereocenters. The molecule has 2 aromatic rings. The van der Waals surface area contributed by atoms with Gasteiger partial charge in [0.15, 0.2) is 11.0 Å². The van der Waals surface area contributed by atoms with Gasteiger partial charge in [-0.05, 0) is 12.1 Å². The first-order valence-electron chi connectivity index (χ1n) is 5.39. The number of aromatic nitrogens is 2. The van der Waals surface area contributed by atoms with Gasteiger partial charge in [-0.15, -0.1) is 0 Å². The molecule has 0 radical (unpaired) electrons. The summed E-state index contributed by atoms with van der Waals surface area (Å²) in [5, 5.41) is -0.121. The normalized spacial score (nSPS) is 12.9. The van der Waals surface area contributed by atoms with Gasteiger partial charge in [0.05, 0.1) is 11.4 Å². The van der Waals surface area contributed by atoms with E-state index in [-0.39, 0.29) is 26.6 Å². The molecule has 1 aromatic heterocycles. The molecule has 7 nitrogen and oxygen atoms in total. The highest BCUT2D eigenvalue weighted by molar-refractivity contribution is 7.93. The number of fused-ring (bicyclic) bond motifs is 1. The Bertz CT molecular complexity index is 910. The minimum atomic E-state index is -3.93. The van der Waals surface area contributed by atoms with Crippen LogP contribution in [0, 0.1) is 0 Å². The van der Waals surface area contributed by atoms with Crippen molar-refractivity contribution in [2.45, 2.75) is 4.90 Å². The molecule has 0 saturated carbocycles. The largest absolute Gasteiger partial charge is 0.265 e. The lowest BCUT2D eigenvalue weighted by molar-refractivity contribution is 0.601. The molecule has 1 aliphatic rings. The lowest BCUT2D eigenvalue weighted by atomic mass is 10.3. The Hall–Kier alpha value is -1.55. The molecule has 0 fully saturated rings. The zero-order valence-corrected chi connectivity index (χ0v) is 13.1. The van der Waals surface area contributed by atoms with Crippen molar-refractivity contribution < 1.29 is 8.42 Å². The van der Waals surface area contributed by atoms with Gasteiger partial charge in [-0.1, -0.05) is 29.3 Å². The van der Waals surface area contributed by atoms with Gasteiger partial charge in [0.2, 0.25) is 0 Å². The molecule has 1 N–H and O–H groups in total. The van der Waals surface area contributed by atoms with E-state index in [0.29, 0.717) is 5.69 Å². The number of sulfonamides is 1. The molecule has 11 heteroatoms. The Morgan fingerprint density at radius 1 is 1.14 bits per heavy atom. The summed E-state index contributed by atoms with van der Waals surface area (Å²) in [6.45, 7) is 0. The molecule has 0 aliphatic carbocycles. The summed E-state index contributed by atoms with van der Waals surface area (Å²) >= 11 is 12.5. The molecule has 21 heavy (non-hydrogen) atoms. The van der Waals surface area contributed by atoms with E-state index in [9.17, 15) is 8.42 Å². The van der Waals surface area contributed by atoms with Crippen LogP contribution in [-0.4, -0.2) is 18.4 Å². The maximum Gasteiger partial charge on any atom is 0.265 e. The van der Waals surface area contributed by atoms with Crippen molar-refractivity contribution in [3.8, 4) is 0 Å². The van der Waals surface area contributed by atoms with Gasteiger partial charge in [-0.3, -0.25) is 4.72 Å². The Balaban J connectivity index is 2.05. The van der Waals surface area contributed by atoms with Crippen molar-refractivity contribution in [3.63, 3.8) is 0 Å². The number of nitrogens with zero attached hydrogens (tertiary/aromatic N) is 4. The van der Waals surface area contributed by atoms with Gasteiger partial charge >= 0.3 is 0 Å². The molecule has 2 heterocycles. The quantitative estimate of drug-likeness (QED) is 0.723. The van der Waals surface area contributed by atoms with E-state index in [1.54, 1.807) is 12.1 Å². The van der Waals surface area contributed by atoms with Crippen molar-refractivity contribution in [1.82, 2.24) is 9.97 Å². The summed E-state index contributed by atoms with van der Waals surface area (Å²) in [7, 11) is -3.93. The van der Waals surface area contributed by atoms with E-state index >= 15 is 0 Å². The fraction of sp³-hybridized carbons (Fsp3) is 0. The average molecular weight is 362 g/mol. The standard InChI is InChI=1S/C10H5Cl2N5O2S2/c11-7-9(12)13-4-14-10(7)17-21(18,19)6-3-1-2-5-8(6)16-20-15-5/h1-4H,(H,13,14,17). The third-order valence-electron chi connectivity index (χ3n) is 2.52. The molecule has 0 spiro atoms. The summed E-state index contributed by atoms with van der Waals surface area (Å²) in [4.78, 5) is 7.40. The molecule has 0 atom stereocenters. The van der Waals surface area contributed by atoms with Crippen LogP contribution in [0.1, 0.15) is 0 Å². The van der Waals surface area contributed by atoms with E-state index in [0.717, 1.165) is 17.7 Å². The second kappa shape index (κ2) is 5.34. The molecule has 1 aliphatic heterocycles. The van der Waals surface area contributed by atoms with Crippen LogP contribution in [0.4, 0.5) is 17.2 Å². The number of hydrogen-bond donors (Lipinski definition) is 1. The molecule has 3 rings (SSSR count). The summed E-state index contributed by atoms with van der Waals surface area (Å²) < 4.78 is 35.1. The topological polar surface area (TPSA) is 96.7 Å². The second-order valence-corrected chi connectivity index (χ2v) is 6.74. The van der Waals surface area contributed by atoms with Gasteiger partial charge < -0.3 is 0 Å². The number of anilines is 1. The van der Waals surface area contributed by atoms with Gasteiger partial charge in [-0.2, -0.15) is 8.73 Å². The molecular weight excluding hydrogens is 357 g/mol. The minimum Gasteiger partial charge on any atom is -0.262 e. The Morgan fingerprint density at radius 3 is 2.76 bits per heavy atom. The molecule has 0 amide bonds. The number of rotatable bonds is 3. The fourth-order valence-electron chi connectivity index (χ4n) is 1.60. The van der Waals surface area contributed by atoms with E-state index in [2.05, 4.69) is 23.4 Å². The first-order valence-corrected chi connectivity index (χ1v) is 8.36. The maximum absolute atomic E-state index is 12.4. The van der Waals surface area contributed by atoms with Crippen molar-refractivity contribution in [2.75, 3.05) is 4.72 Å². The van der Waals surface area contributed by atoms with E-state index < -0.39 is 10.0 Å². The van der Waals surface area contributed by atoms with Crippen LogP contribution in [0.25, 0.3) is 0 Å². The Morgan fingerprint density at radius 2 is 1.95 bits per heavy atom. The van der Waals surface area contributed by atoms with Crippen molar-refractivity contribution in [1.29, 1.82) is 0 Å². The lowest BCUT2D eigenvalue weighted by Gasteiger charge is -2.10. The number of hydrogen-bond acceptors (Lipinski definition) is 6. The predicted molar refractivity (Wildman–Crippen MR) is 80.8 cm³/mol. The highest BCUT2D eigenvalue weighted by Gasteiger charge is 2.24. The van der Waals surface area contributed by atoms with Crippen molar-refractivity contribution in [2.24, 2.45) is 8.73 Å². The van der Waals surface area contributed by atoms with Crippen LogP contribution >= 0.6 is 23.2 Å². The van der Waals surface area contributed by atoms with E-state index in [4.69, 9.17) is 23.2 Å². The van der Waals surface area contributed by atoms with Crippen LogP contribution in [0.15, 0.2) is 38.1 Å². The molecular formula is C10H5Cl2N5O2S2. The zero-order chi connectivity index (χ0) is 15.0. The average Bonchev–Trinajstić information content (AvgIpc) is 2.91. The van der Waals surface area contributed by atoms with Crippen molar-refractivity contribution >= 4 is 61.8 Å². The maximum atomic E-state index is 12.4. The SMILES string of the molecule is O=S(=O)(Nc1ncnc(Cl)c1Cl)c1cccc2c1N=S=N2. The number of benzene rings is 1. The molecule has 0 saturated heterocycles. The predicted octanol–water partition coefficient (Wildman–Crippen LogP) is 3.31. The van der Waals surface area contributed by atoms with Crippen LogP contribution in [-0.2, 0) is 21.4 Å². The van der Waals surface area contributed by atoms with Gasteiger partial charge in [-0.25, -0.2) is 18.4 Å². The highest BCUT2D eigenvalue weighted by Crippen LogP contribution is 2.38. The molecule has 108 valence electrons. The third kappa shape index (κ3) is 2.64. The summed E-state index contributed by atoms with van der Waals surface area (Å²) in [5.41, 5.74) is 0.779. The monoisotopic (exact) mass is 361 g/mol. The third-order valence-corrected chi connectivity index (χ3v) is 5.17. The van der Waals surface area contributed by atoms with Crippen LogP contribution < -0.4 is 4.72 Å². The van der Waals surface area contributed by atoms with Crippen LogP contribution in [0.2, 0.25) is 10.2 Å². The Kier molecular flexibility index (Phi) is 3.66. The highest BCUT2D eigenvalue weighted by atomic mass is 35.5.